The highest BCUT2D eigenvalue weighted by Crippen LogP contribution is 2.41. The molecule has 0 spiro atoms. The average molecular weight is 708 g/mol. The van der Waals surface area contributed by atoms with Crippen LogP contribution in [0.4, 0.5) is 0 Å². The molecule has 0 aliphatic heterocycles. The van der Waals surface area contributed by atoms with Crippen LogP contribution in [0.25, 0.3) is 96.2 Å². The maximum absolute atomic E-state index is 6.04. The second-order valence-corrected chi connectivity index (χ2v) is 13.4. The topological polar surface area (TPSA) is 43.9 Å². The van der Waals surface area contributed by atoms with Gasteiger partial charge < -0.3 is 8.98 Å². The van der Waals surface area contributed by atoms with Gasteiger partial charge in [-0.3, -0.25) is 0 Å². The monoisotopic (exact) mass is 707 g/mol. The molecule has 7 aromatic carbocycles. The predicted octanol–water partition coefficient (Wildman–Crippen LogP) is 13.7. The molecule has 0 aliphatic rings. The summed E-state index contributed by atoms with van der Waals surface area (Å²) in [5, 5.41) is 9.77. The number of hydrogen-bond acceptors (Lipinski definition) is 3. The van der Waals surface area contributed by atoms with Crippen LogP contribution in [-0.4, -0.2) is 14.8 Å². The summed E-state index contributed by atoms with van der Waals surface area (Å²) in [7, 11) is 0. The first kappa shape index (κ1) is 33.5. The second kappa shape index (κ2) is 14.6. The van der Waals surface area contributed by atoms with E-state index in [2.05, 4.69) is 174 Å². The van der Waals surface area contributed by atoms with Crippen LogP contribution in [0.5, 0.6) is 0 Å². The summed E-state index contributed by atoms with van der Waals surface area (Å²) >= 11 is 0. The fourth-order valence-corrected chi connectivity index (χ4v) is 7.52. The van der Waals surface area contributed by atoms with Crippen LogP contribution in [-0.2, 0) is 0 Å². The highest BCUT2D eigenvalue weighted by Gasteiger charge is 2.19. The van der Waals surface area contributed by atoms with Crippen molar-refractivity contribution in [3.63, 3.8) is 0 Å². The van der Waals surface area contributed by atoms with Gasteiger partial charge in [0, 0.05) is 27.8 Å². The molecule has 4 nitrogen and oxygen atoms in total. The van der Waals surface area contributed by atoms with E-state index < -0.39 is 0 Å². The van der Waals surface area contributed by atoms with Crippen molar-refractivity contribution >= 4 is 23.1 Å². The zero-order chi connectivity index (χ0) is 37.1. The van der Waals surface area contributed by atoms with Crippen LogP contribution in [0.1, 0.15) is 18.2 Å². The van der Waals surface area contributed by atoms with Crippen molar-refractivity contribution in [2.45, 2.75) is 6.92 Å². The van der Waals surface area contributed by atoms with Gasteiger partial charge in [-0.25, -0.2) is 0 Å². The van der Waals surface area contributed by atoms with Crippen molar-refractivity contribution in [3.05, 3.63) is 200 Å². The molecule has 262 valence electrons. The fourth-order valence-electron chi connectivity index (χ4n) is 7.52. The molecule has 9 rings (SSSR count). The number of benzene rings is 7. The van der Waals surface area contributed by atoms with Crippen molar-refractivity contribution in [1.82, 2.24) is 14.8 Å². The molecule has 9 aromatic rings. The summed E-state index contributed by atoms with van der Waals surface area (Å²) in [6, 6.07) is 61.6. The minimum Gasteiger partial charge on any atom is -0.416 e. The van der Waals surface area contributed by atoms with Crippen LogP contribution in [0.3, 0.4) is 0 Å². The Hall–Kier alpha value is -7.30. The first-order valence-corrected chi connectivity index (χ1v) is 18.5. The Morgan fingerprint density at radius 2 is 0.964 bits per heavy atom. The van der Waals surface area contributed by atoms with Gasteiger partial charge >= 0.3 is 0 Å². The van der Waals surface area contributed by atoms with Gasteiger partial charge in [0.05, 0.1) is 11.2 Å². The summed E-state index contributed by atoms with van der Waals surface area (Å²) < 4.78 is 8.38. The van der Waals surface area contributed by atoms with Crippen LogP contribution in [0.2, 0.25) is 0 Å². The van der Waals surface area contributed by atoms with Crippen molar-refractivity contribution in [2.75, 3.05) is 0 Å². The fraction of sp³-hybridized carbons (Fsp3) is 0.0196. The zero-order valence-electron chi connectivity index (χ0n) is 30.4. The maximum atomic E-state index is 6.04. The molecule has 0 saturated heterocycles. The molecule has 0 aliphatic carbocycles. The predicted molar refractivity (Wildman–Crippen MR) is 229 cm³/mol. The van der Waals surface area contributed by atoms with Gasteiger partial charge in [-0.2, -0.15) is 0 Å². The molecule has 2 aromatic heterocycles. The Morgan fingerprint density at radius 1 is 0.491 bits per heavy atom. The summed E-state index contributed by atoms with van der Waals surface area (Å²) in [4.78, 5) is 0. The summed E-state index contributed by atoms with van der Waals surface area (Å²) in [6.07, 6.45) is 6.26. The number of fused-ring (bicyclic) bond motifs is 1. The van der Waals surface area contributed by atoms with Gasteiger partial charge in [0.15, 0.2) is 0 Å². The number of rotatable bonds is 9. The summed E-state index contributed by atoms with van der Waals surface area (Å²) in [6.45, 7) is 6.34. The molecule has 0 bridgehead atoms. The second-order valence-electron chi connectivity index (χ2n) is 13.4. The Bertz CT molecular complexity index is 2810. The van der Waals surface area contributed by atoms with E-state index in [0.717, 1.165) is 72.4 Å². The Morgan fingerprint density at radius 3 is 1.56 bits per heavy atom. The number of aromatic nitrogens is 3. The first-order chi connectivity index (χ1) is 27.2. The van der Waals surface area contributed by atoms with E-state index in [0.29, 0.717) is 11.8 Å². The maximum Gasteiger partial charge on any atom is 0.248 e. The van der Waals surface area contributed by atoms with Crippen molar-refractivity contribution < 1.29 is 4.42 Å². The molecule has 0 fully saturated rings. The summed E-state index contributed by atoms with van der Waals surface area (Å²) in [5.74, 6) is 1.00. The van der Waals surface area contributed by atoms with E-state index >= 15 is 0 Å². The molecule has 4 heteroatoms. The molecule has 55 heavy (non-hydrogen) atoms. The van der Waals surface area contributed by atoms with Crippen LogP contribution in [0, 0.1) is 0 Å². The molecule has 0 saturated carbocycles. The summed E-state index contributed by atoms with van der Waals surface area (Å²) in [5.41, 5.74) is 15.5. The van der Waals surface area contributed by atoms with E-state index in [1.54, 1.807) is 0 Å². The Labute approximate surface area is 321 Å². The first-order valence-electron chi connectivity index (χ1n) is 18.5. The third-order valence-corrected chi connectivity index (χ3v) is 10.1. The lowest BCUT2D eigenvalue weighted by Gasteiger charge is -2.15. The van der Waals surface area contributed by atoms with E-state index in [1.165, 1.54) is 11.1 Å². The van der Waals surface area contributed by atoms with Crippen molar-refractivity contribution in [3.8, 4) is 73.1 Å². The van der Waals surface area contributed by atoms with Gasteiger partial charge in [-0.05, 0) is 106 Å². The molecule has 0 N–H and O–H groups in total. The van der Waals surface area contributed by atoms with Gasteiger partial charge in [0.25, 0.3) is 0 Å². The lowest BCUT2D eigenvalue weighted by atomic mass is 9.89. The zero-order valence-corrected chi connectivity index (χ0v) is 30.4. The average Bonchev–Trinajstić information content (AvgIpc) is 3.88. The Kier molecular flexibility index (Phi) is 8.91. The lowest BCUT2D eigenvalue weighted by Crippen LogP contribution is -1.97. The van der Waals surface area contributed by atoms with E-state index in [9.17, 15) is 0 Å². The largest absolute Gasteiger partial charge is 0.416 e. The molecular formula is C51H37N3O. The minimum absolute atomic E-state index is 0.494. The number of allylic oxidation sites excluding steroid dienone is 1. The Balaban J connectivity index is 1.09. The van der Waals surface area contributed by atoms with E-state index in [4.69, 9.17) is 4.42 Å². The lowest BCUT2D eigenvalue weighted by molar-refractivity contribution is 0.584. The van der Waals surface area contributed by atoms with Crippen molar-refractivity contribution in [1.29, 1.82) is 0 Å². The minimum atomic E-state index is 0.494. The molecular weight excluding hydrogens is 671 g/mol. The molecule has 0 amide bonds. The molecule has 0 atom stereocenters. The highest BCUT2D eigenvalue weighted by atomic mass is 16.4. The smallest absolute Gasteiger partial charge is 0.248 e. The van der Waals surface area contributed by atoms with Gasteiger partial charge in [0.2, 0.25) is 11.8 Å². The molecule has 0 radical (unpaired) electrons. The van der Waals surface area contributed by atoms with Crippen LogP contribution in [0.15, 0.2) is 193 Å². The van der Waals surface area contributed by atoms with E-state index in [1.807, 2.05) is 48.5 Å². The highest BCUT2D eigenvalue weighted by molar-refractivity contribution is 6.00. The van der Waals surface area contributed by atoms with Crippen LogP contribution >= 0.6 is 0 Å². The van der Waals surface area contributed by atoms with Gasteiger partial charge in [-0.15, -0.1) is 10.2 Å². The molecule has 2 heterocycles. The van der Waals surface area contributed by atoms with Crippen LogP contribution < -0.4 is 0 Å². The third kappa shape index (κ3) is 6.30. The van der Waals surface area contributed by atoms with Gasteiger partial charge in [0.1, 0.15) is 0 Å². The number of hydrogen-bond donors (Lipinski definition) is 0. The normalized spacial score (nSPS) is 11.4. The van der Waals surface area contributed by atoms with Gasteiger partial charge in [-0.1, -0.05) is 146 Å². The number of nitrogens with zero attached hydrogens (tertiary/aromatic N) is 3. The SMILES string of the molecule is C=Cc1c(/C=C\C)n(-c2ccc(-c3ccccc3)cc2)c2ccc(-c3ccccc3-c3ccccc3-c3ccc(-c4nnc(-c5ccccc5)o4)cc3)cc12. The quantitative estimate of drug-likeness (QED) is 0.150. The molecule has 0 unspecified atom stereocenters. The van der Waals surface area contributed by atoms with E-state index in [-0.39, 0.29) is 0 Å². The standard InChI is InChI=1S/C51H37N3O/c1-3-15-48-42(4-2)47-34-40(30-33-49(47)54(48)41-31-28-36(29-32-41)35-16-7-5-8-17-35)44-21-12-14-23-46(44)45-22-13-11-20-43(45)37-24-26-39(27-25-37)51-53-52-50(55-51)38-18-9-6-10-19-38/h3-34H,2H2,1H3/b15-3-. The van der Waals surface area contributed by atoms with Crippen molar-refractivity contribution in [2.24, 2.45) is 0 Å². The third-order valence-electron chi connectivity index (χ3n) is 10.1.